The Morgan fingerprint density at radius 2 is 0.885 bits per heavy atom. The molecule has 12 heteroatoms. The van der Waals surface area contributed by atoms with Crippen LogP contribution < -0.4 is 0 Å². The molecule has 2 aliphatic heterocycles. The zero-order valence-corrected chi connectivity index (χ0v) is 15.0. The van der Waals surface area contributed by atoms with E-state index in [2.05, 4.69) is 0 Å². The van der Waals surface area contributed by atoms with Crippen molar-refractivity contribution in [2.24, 2.45) is 0 Å². The van der Waals surface area contributed by atoms with E-state index in [1.54, 1.807) is 0 Å². The van der Waals surface area contributed by atoms with Gasteiger partial charge in [0.15, 0.2) is 0 Å². The van der Waals surface area contributed by atoms with Crippen LogP contribution in [0.4, 0.5) is 9.59 Å². The lowest BCUT2D eigenvalue weighted by molar-refractivity contribution is -0.135. The van der Waals surface area contributed by atoms with Crippen LogP contribution in [0.5, 0.6) is 0 Å². The highest BCUT2D eigenvalue weighted by Gasteiger charge is 2.51. The number of urea groups is 2. The second-order valence-electron chi connectivity index (χ2n) is 6.57. The van der Waals surface area contributed by atoms with E-state index >= 15 is 0 Å². The number of amides is 6. The summed E-state index contributed by atoms with van der Waals surface area (Å²) in [4.78, 5) is 48.8. The van der Waals surface area contributed by atoms with Crippen LogP contribution in [-0.4, -0.2) is 102 Å². The fraction of sp³-hybridized carbons (Fsp3) is 0.714. The predicted octanol–water partition coefficient (Wildman–Crippen LogP) is -2.14. The molecule has 0 aromatic heterocycles. The Morgan fingerprint density at radius 1 is 0.615 bits per heavy atom. The van der Waals surface area contributed by atoms with Gasteiger partial charge in [-0.25, -0.2) is 19.4 Å². The van der Waals surface area contributed by atoms with E-state index in [0.29, 0.717) is 9.80 Å². The Labute approximate surface area is 149 Å². The van der Waals surface area contributed by atoms with Crippen molar-refractivity contribution in [3.8, 4) is 0 Å². The van der Waals surface area contributed by atoms with E-state index in [1.807, 2.05) is 0 Å². The molecular weight excluding hydrogens is 352 g/mol. The summed E-state index contributed by atoms with van der Waals surface area (Å²) in [5.41, 5.74) is -2.15. The van der Waals surface area contributed by atoms with E-state index in [1.165, 1.54) is 27.7 Å². The van der Waals surface area contributed by atoms with Crippen molar-refractivity contribution in [3.05, 3.63) is 0 Å². The summed E-state index contributed by atoms with van der Waals surface area (Å²) in [6.07, 6.45) is 0. The van der Waals surface area contributed by atoms with Crippen LogP contribution in [0.3, 0.4) is 0 Å². The molecular formula is C14H24N4O8. The third-order valence-corrected chi connectivity index (χ3v) is 4.38. The minimum atomic E-state index is -1.07. The standard InChI is InChI=1S/2C7H12N2O4/c2*1-7(2)5(12)8(3-10)6(13)9(7)4-11/h2*10-11H,3-4H2,1-2H3. The van der Waals surface area contributed by atoms with Crippen LogP contribution in [-0.2, 0) is 9.59 Å². The fourth-order valence-corrected chi connectivity index (χ4v) is 2.56. The molecule has 0 bridgehead atoms. The molecule has 148 valence electrons. The molecule has 2 heterocycles. The van der Waals surface area contributed by atoms with Crippen molar-refractivity contribution in [2.75, 3.05) is 26.9 Å². The molecule has 0 unspecified atom stereocenters. The van der Waals surface area contributed by atoms with E-state index in [9.17, 15) is 19.2 Å². The van der Waals surface area contributed by atoms with Gasteiger partial charge in [-0.15, -0.1) is 0 Å². The van der Waals surface area contributed by atoms with Crippen molar-refractivity contribution in [1.82, 2.24) is 19.6 Å². The number of hydrogen-bond acceptors (Lipinski definition) is 8. The summed E-state index contributed by atoms with van der Waals surface area (Å²) >= 11 is 0. The average molecular weight is 376 g/mol. The first-order valence-corrected chi connectivity index (χ1v) is 7.64. The summed E-state index contributed by atoms with van der Waals surface area (Å²) in [5.74, 6) is -1.01. The molecule has 2 aliphatic rings. The van der Waals surface area contributed by atoms with Gasteiger partial charge in [-0.2, -0.15) is 0 Å². The highest BCUT2D eigenvalue weighted by molar-refractivity contribution is 6.06. The first kappa shape index (κ1) is 21.8. The summed E-state index contributed by atoms with van der Waals surface area (Å²) in [5, 5.41) is 35.2. The number of aliphatic hydroxyl groups excluding tert-OH is 4. The van der Waals surface area contributed by atoms with Crippen LogP contribution in [0, 0.1) is 0 Å². The van der Waals surface area contributed by atoms with E-state index < -0.39 is 61.9 Å². The SMILES string of the molecule is CC1(C)C(=O)N(CO)C(=O)N1CO.CC1(C)C(=O)N(CO)C(=O)N1CO. The highest BCUT2D eigenvalue weighted by Crippen LogP contribution is 2.26. The van der Waals surface area contributed by atoms with Gasteiger partial charge in [-0.3, -0.25) is 19.4 Å². The summed E-state index contributed by atoms with van der Waals surface area (Å²) in [6, 6.07) is -1.33. The third kappa shape index (κ3) is 3.23. The van der Waals surface area contributed by atoms with Gasteiger partial charge in [0.1, 0.15) is 38.0 Å². The highest BCUT2D eigenvalue weighted by atomic mass is 16.3. The zero-order chi connectivity index (χ0) is 20.4. The van der Waals surface area contributed by atoms with Gasteiger partial charge in [0, 0.05) is 0 Å². The van der Waals surface area contributed by atoms with Crippen molar-refractivity contribution in [1.29, 1.82) is 0 Å². The molecule has 0 atom stereocenters. The van der Waals surface area contributed by atoms with Crippen LogP contribution in [0.2, 0.25) is 0 Å². The molecule has 0 spiro atoms. The van der Waals surface area contributed by atoms with Crippen LogP contribution >= 0.6 is 0 Å². The molecule has 6 amide bonds. The van der Waals surface area contributed by atoms with Crippen molar-refractivity contribution in [3.63, 3.8) is 0 Å². The van der Waals surface area contributed by atoms with Crippen molar-refractivity contribution < 1.29 is 39.6 Å². The number of nitrogens with zero attached hydrogens (tertiary/aromatic N) is 4. The molecule has 4 N–H and O–H groups in total. The Bertz CT molecular complexity index is 554. The lowest BCUT2D eigenvalue weighted by Crippen LogP contribution is -2.44. The minimum Gasteiger partial charge on any atom is -0.376 e. The molecule has 0 aromatic carbocycles. The molecule has 0 saturated carbocycles. The van der Waals surface area contributed by atoms with Gasteiger partial charge >= 0.3 is 12.1 Å². The van der Waals surface area contributed by atoms with E-state index in [4.69, 9.17) is 20.4 Å². The van der Waals surface area contributed by atoms with Crippen molar-refractivity contribution >= 4 is 23.9 Å². The van der Waals surface area contributed by atoms with Crippen LogP contribution in [0.1, 0.15) is 27.7 Å². The van der Waals surface area contributed by atoms with E-state index in [0.717, 1.165) is 9.80 Å². The summed E-state index contributed by atoms with van der Waals surface area (Å²) in [7, 11) is 0. The van der Waals surface area contributed by atoms with Gasteiger partial charge in [0.25, 0.3) is 11.8 Å². The molecule has 0 aromatic rings. The molecule has 26 heavy (non-hydrogen) atoms. The Morgan fingerprint density at radius 3 is 1.00 bits per heavy atom. The maximum absolute atomic E-state index is 11.4. The van der Waals surface area contributed by atoms with E-state index in [-0.39, 0.29) is 0 Å². The lowest BCUT2D eigenvalue weighted by Gasteiger charge is -2.24. The Hall–Kier alpha value is -2.28. The summed E-state index contributed by atoms with van der Waals surface area (Å²) < 4.78 is 0. The van der Waals surface area contributed by atoms with Gasteiger partial charge in [0.05, 0.1) is 0 Å². The fourth-order valence-electron chi connectivity index (χ4n) is 2.56. The van der Waals surface area contributed by atoms with Gasteiger partial charge in [-0.1, -0.05) is 0 Å². The zero-order valence-electron chi connectivity index (χ0n) is 15.0. The normalized spacial score (nSPS) is 21.5. The Kier molecular flexibility index (Phi) is 6.31. The van der Waals surface area contributed by atoms with Gasteiger partial charge in [0.2, 0.25) is 0 Å². The predicted molar refractivity (Wildman–Crippen MR) is 84.7 cm³/mol. The quantitative estimate of drug-likeness (QED) is 0.404. The van der Waals surface area contributed by atoms with Crippen molar-refractivity contribution in [2.45, 2.75) is 38.8 Å². The summed E-state index contributed by atoms with van der Waals surface area (Å²) in [6.45, 7) is 3.67. The average Bonchev–Trinajstić information content (AvgIpc) is 2.83. The number of carbonyl (C=O) groups is 4. The van der Waals surface area contributed by atoms with Gasteiger partial charge in [-0.05, 0) is 27.7 Å². The number of rotatable bonds is 4. The maximum atomic E-state index is 11.4. The monoisotopic (exact) mass is 376 g/mol. The molecule has 0 aliphatic carbocycles. The number of hydrogen-bond donors (Lipinski definition) is 4. The van der Waals surface area contributed by atoms with Crippen LogP contribution in [0.15, 0.2) is 0 Å². The number of carbonyl (C=O) groups excluding carboxylic acids is 4. The topological polar surface area (TPSA) is 162 Å². The number of imide groups is 2. The first-order chi connectivity index (χ1) is 11.9. The van der Waals surface area contributed by atoms with Crippen LogP contribution in [0.25, 0.3) is 0 Å². The largest absolute Gasteiger partial charge is 0.376 e. The second kappa shape index (κ2) is 7.53. The lowest BCUT2D eigenvalue weighted by atomic mass is 10.1. The third-order valence-electron chi connectivity index (χ3n) is 4.38. The minimum absolute atomic E-state index is 0.506. The molecule has 2 rings (SSSR count). The molecule has 2 fully saturated rings. The number of aliphatic hydroxyl groups is 4. The second-order valence-corrected chi connectivity index (χ2v) is 6.57. The Balaban J connectivity index is 0.000000260. The van der Waals surface area contributed by atoms with Gasteiger partial charge < -0.3 is 20.4 Å². The maximum Gasteiger partial charge on any atom is 0.331 e. The molecule has 12 nitrogen and oxygen atoms in total. The smallest absolute Gasteiger partial charge is 0.331 e. The molecule has 0 radical (unpaired) electrons. The molecule has 2 saturated heterocycles. The first-order valence-electron chi connectivity index (χ1n) is 7.64.